The molecular weight excluding hydrogens is 238 g/mol. The van der Waals surface area contributed by atoms with Gasteiger partial charge in [0.05, 0.1) is 0 Å². The van der Waals surface area contributed by atoms with Gasteiger partial charge in [0.15, 0.2) is 0 Å². The maximum Gasteiger partial charge on any atom is 0.140 e. The van der Waals surface area contributed by atoms with E-state index in [4.69, 9.17) is 4.74 Å². The number of hydrogen-bond donors (Lipinski definition) is 1. The highest BCUT2D eigenvalue weighted by Gasteiger charge is 2.20. The van der Waals surface area contributed by atoms with Crippen molar-refractivity contribution in [1.29, 1.82) is 0 Å². The molecule has 1 aliphatic rings. The molecule has 0 amide bonds. The highest BCUT2D eigenvalue weighted by Crippen LogP contribution is 2.23. The molecule has 0 saturated heterocycles. The zero-order chi connectivity index (χ0) is 13.1. The van der Waals surface area contributed by atoms with E-state index in [1.165, 1.54) is 23.8 Å². The van der Waals surface area contributed by atoms with Gasteiger partial charge >= 0.3 is 0 Å². The number of ether oxygens (including phenoxy) is 1. The number of nitrogens with one attached hydrogen (secondary N) is 1. The third kappa shape index (κ3) is 2.96. The fourth-order valence-electron chi connectivity index (χ4n) is 2.43. The summed E-state index contributed by atoms with van der Waals surface area (Å²) in [7, 11) is 1.75. The molecule has 0 aromatic carbocycles. The summed E-state index contributed by atoms with van der Waals surface area (Å²) in [6, 6.07) is 4.92. The normalized spacial score (nSPS) is 15.2. The summed E-state index contributed by atoms with van der Waals surface area (Å²) >= 11 is 0. The number of fused-ring (bicyclic) bond motifs is 1. The summed E-state index contributed by atoms with van der Waals surface area (Å²) in [4.78, 5) is 4.52. The highest BCUT2D eigenvalue weighted by atomic mass is 16.5. The van der Waals surface area contributed by atoms with E-state index >= 15 is 0 Å². The van der Waals surface area contributed by atoms with Gasteiger partial charge in [-0.15, -0.1) is 0 Å². The van der Waals surface area contributed by atoms with Gasteiger partial charge in [-0.3, -0.25) is 0 Å². The van der Waals surface area contributed by atoms with Crippen LogP contribution >= 0.6 is 0 Å². The average molecular weight is 259 g/mol. The van der Waals surface area contributed by atoms with Crippen molar-refractivity contribution in [2.75, 3.05) is 13.7 Å². The molecule has 1 saturated carbocycles. The predicted octanol–water partition coefficient (Wildman–Crippen LogP) is 2.32. The molecule has 0 unspecified atom stereocenters. The lowest BCUT2D eigenvalue weighted by Gasteiger charge is -2.03. The third-order valence-electron chi connectivity index (χ3n) is 3.62. The molecule has 2 heterocycles. The smallest absolute Gasteiger partial charge is 0.140 e. The number of aryl methyl sites for hydroxylation is 1. The Morgan fingerprint density at radius 3 is 3.16 bits per heavy atom. The Balaban J connectivity index is 1.79. The molecule has 0 spiro atoms. The monoisotopic (exact) mass is 259 g/mol. The van der Waals surface area contributed by atoms with Crippen LogP contribution < -0.4 is 5.32 Å². The van der Waals surface area contributed by atoms with Gasteiger partial charge in [-0.05, 0) is 37.0 Å². The topological polar surface area (TPSA) is 39.1 Å². The Bertz CT molecular complexity index is 545. The second-order valence-corrected chi connectivity index (χ2v) is 5.22. The van der Waals surface area contributed by atoms with E-state index in [0.717, 1.165) is 37.8 Å². The Labute approximate surface area is 113 Å². The standard InChI is InChI=1S/C15H21N3O/c1-19-9-3-8-18-11-12(10-17-13-5-6-13)14-4-2-7-16-15(14)18/h2,4,7,11,13,17H,3,5-6,8-10H2,1H3. The van der Waals surface area contributed by atoms with E-state index < -0.39 is 0 Å². The molecule has 2 aromatic rings. The molecule has 2 aromatic heterocycles. The molecule has 1 aliphatic carbocycles. The van der Waals surface area contributed by atoms with Crippen molar-refractivity contribution in [2.45, 2.75) is 38.4 Å². The van der Waals surface area contributed by atoms with Crippen LogP contribution in [0.4, 0.5) is 0 Å². The minimum Gasteiger partial charge on any atom is -0.385 e. The summed E-state index contributed by atoms with van der Waals surface area (Å²) in [5.74, 6) is 0. The van der Waals surface area contributed by atoms with Gasteiger partial charge < -0.3 is 14.6 Å². The molecular formula is C15H21N3O. The molecule has 1 N–H and O–H groups in total. The van der Waals surface area contributed by atoms with E-state index in [-0.39, 0.29) is 0 Å². The fraction of sp³-hybridized carbons (Fsp3) is 0.533. The number of aromatic nitrogens is 2. The lowest BCUT2D eigenvalue weighted by Crippen LogP contribution is -2.14. The highest BCUT2D eigenvalue weighted by molar-refractivity contribution is 5.80. The van der Waals surface area contributed by atoms with E-state index in [9.17, 15) is 0 Å². The third-order valence-corrected chi connectivity index (χ3v) is 3.62. The number of rotatable bonds is 7. The minimum absolute atomic E-state index is 0.739. The predicted molar refractivity (Wildman–Crippen MR) is 76.1 cm³/mol. The van der Waals surface area contributed by atoms with Gasteiger partial charge in [-0.1, -0.05) is 0 Å². The van der Waals surface area contributed by atoms with Gasteiger partial charge in [-0.2, -0.15) is 0 Å². The summed E-state index contributed by atoms with van der Waals surface area (Å²) in [6.45, 7) is 2.71. The molecule has 0 aliphatic heterocycles. The number of hydrogen-bond acceptors (Lipinski definition) is 3. The summed E-state index contributed by atoms with van der Waals surface area (Å²) in [5.41, 5.74) is 2.44. The van der Waals surface area contributed by atoms with Crippen molar-refractivity contribution in [2.24, 2.45) is 0 Å². The molecule has 102 valence electrons. The first-order valence-electron chi connectivity index (χ1n) is 7.03. The first-order chi connectivity index (χ1) is 9.38. The van der Waals surface area contributed by atoms with Crippen LogP contribution in [0.3, 0.4) is 0 Å². The number of methoxy groups -OCH3 is 1. The van der Waals surface area contributed by atoms with Crippen LogP contribution in [-0.4, -0.2) is 29.3 Å². The number of nitrogens with zero attached hydrogens (tertiary/aromatic N) is 2. The lowest BCUT2D eigenvalue weighted by molar-refractivity contribution is 0.190. The van der Waals surface area contributed by atoms with Crippen molar-refractivity contribution in [1.82, 2.24) is 14.9 Å². The zero-order valence-corrected chi connectivity index (χ0v) is 11.4. The van der Waals surface area contributed by atoms with E-state index in [1.807, 2.05) is 12.3 Å². The van der Waals surface area contributed by atoms with Crippen LogP contribution in [0.2, 0.25) is 0 Å². The van der Waals surface area contributed by atoms with Crippen LogP contribution in [0.1, 0.15) is 24.8 Å². The molecule has 4 heteroatoms. The molecule has 0 atom stereocenters. The molecule has 4 nitrogen and oxygen atoms in total. The summed E-state index contributed by atoms with van der Waals surface area (Å²) < 4.78 is 7.37. The van der Waals surface area contributed by atoms with Crippen LogP contribution in [0.5, 0.6) is 0 Å². The van der Waals surface area contributed by atoms with Gasteiger partial charge in [0.2, 0.25) is 0 Å². The van der Waals surface area contributed by atoms with E-state index in [0.29, 0.717) is 0 Å². The van der Waals surface area contributed by atoms with Crippen molar-refractivity contribution in [3.05, 3.63) is 30.1 Å². The van der Waals surface area contributed by atoms with Crippen molar-refractivity contribution >= 4 is 11.0 Å². The van der Waals surface area contributed by atoms with Crippen LogP contribution in [0.15, 0.2) is 24.5 Å². The van der Waals surface area contributed by atoms with Crippen molar-refractivity contribution in [3.8, 4) is 0 Å². The molecule has 0 bridgehead atoms. The Morgan fingerprint density at radius 2 is 2.37 bits per heavy atom. The van der Waals surface area contributed by atoms with E-state index in [1.54, 1.807) is 7.11 Å². The Kier molecular flexibility index (Phi) is 3.80. The van der Waals surface area contributed by atoms with Crippen LogP contribution in [-0.2, 0) is 17.8 Å². The fourth-order valence-corrected chi connectivity index (χ4v) is 2.43. The van der Waals surface area contributed by atoms with E-state index in [2.05, 4.69) is 27.1 Å². The molecule has 0 radical (unpaired) electrons. The minimum atomic E-state index is 0.739. The van der Waals surface area contributed by atoms with Gasteiger partial charge in [-0.25, -0.2) is 4.98 Å². The SMILES string of the molecule is COCCCn1cc(CNC2CC2)c2cccnc21. The Hall–Kier alpha value is -1.39. The first kappa shape index (κ1) is 12.6. The molecule has 19 heavy (non-hydrogen) atoms. The van der Waals surface area contributed by atoms with Crippen LogP contribution in [0.25, 0.3) is 11.0 Å². The zero-order valence-electron chi connectivity index (χ0n) is 11.4. The quantitative estimate of drug-likeness (QED) is 0.776. The summed E-state index contributed by atoms with van der Waals surface area (Å²) in [6.07, 6.45) is 7.78. The molecule has 3 rings (SSSR count). The lowest BCUT2D eigenvalue weighted by atomic mass is 10.2. The largest absolute Gasteiger partial charge is 0.385 e. The van der Waals surface area contributed by atoms with Crippen molar-refractivity contribution in [3.63, 3.8) is 0 Å². The maximum atomic E-state index is 5.12. The van der Waals surface area contributed by atoms with Gasteiger partial charge in [0.1, 0.15) is 5.65 Å². The second-order valence-electron chi connectivity index (χ2n) is 5.22. The maximum absolute atomic E-state index is 5.12. The Morgan fingerprint density at radius 1 is 1.47 bits per heavy atom. The van der Waals surface area contributed by atoms with Crippen LogP contribution in [0, 0.1) is 0 Å². The van der Waals surface area contributed by atoms with Gasteiger partial charge in [0, 0.05) is 50.6 Å². The van der Waals surface area contributed by atoms with Gasteiger partial charge in [0.25, 0.3) is 0 Å². The second kappa shape index (κ2) is 5.72. The number of pyridine rings is 1. The van der Waals surface area contributed by atoms with Crippen molar-refractivity contribution < 1.29 is 4.74 Å². The average Bonchev–Trinajstić information content (AvgIpc) is 3.20. The summed E-state index contributed by atoms with van der Waals surface area (Å²) in [5, 5.41) is 4.85. The first-order valence-corrected chi connectivity index (χ1v) is 7.03. The molecule has 1 fully saturated rings.